The quantitative estimate of drug-likeness (QED) is 0.152. The molecule has 4 heterocycles. The summed E-state index contributed by atoms with van der Waals surface area (Å²) in [6, 6.07) is 6.94. The van der Waals surface area contributed by atoms with Gasteiger partial charge in [0.1, 0.15) is 40.8 Å². The van der Waals surface area contributed by atoms with Crippen molar-refractivity contribution >= 4 is 44.6 Å². The highest BCUT2D eigenvalue weighted by molar-refractivity contribution is 7.91. The van der Waals surface area contributed by atoms with Crippen LogP contribution >= 0.6 is 0 Å². The molecule has 2 aromatic heterocycles. The first kappa shape index (κ1) is 50.2. The number of sulfonamides is 1. The van der Waals surface area contributed by atoms with Crippen molar-refractivity contribution < 1.29 is 60.1 Å². The minimum Gasteiger partial charge on any atom is -0.497 e. The summed E-state index contributed by atoms with van der Waals surface area (Å²) < 4.78 is 90.6. The first-order valence-electron chi connectivity index (χ1n) is 23.1. The second kappa shape index (κ2) is 18.7. The number of alkyl halides is 3. The smallest absolute Gasteiger partial charge is 0.411 e. The van der Waals surface area contributed by atoms with Crippen LogP contribution in [-0.4, -0.2) is 117 Å². The van der Waals surface area contributed by atoms with Gasteiger partial charge in [-0.25, -0.2) is 18.2 Å². The van der Waals surface area contributed by atoms with Crippen molar-refractivity contribution in [2.45, 2.75) is 146 Å². The van der Waals surface area contributed by atoms with Crippen LogP contribution in [0, 0.1) is 17.8 Å². The predicted molar refractivity (Wildman–Crippen MR) is 245 cm³/mol. The highest BCUT2D eigenvalue weighted by Crippen LogP contribution is 2.48. The molecular formula is C48H61F3N6O10S. The molecule has 1 saturated heterocycles. The molecule has 3 fully saturated rings. The number of pyridine rings is 2. The molecule has 4 aliphatic rings. The number of rotatable bonds is 12. The Balaban J connectivity index is 1.33. The number of carboxylic acid groups (broad SMARTS) is 1. The molecule has 2 saturated carbocycles. The van der Waals surface area contributed by atoms with E-state index in [4.69, 9.17) is 19.2 Å². The number of halogens is 3. The zero-order valence-electron chi connectivity index (χ0n) is 39.6. The third-order valence-corrected chi connectivity index (χ3v) is 16.2. The number of aromatic nitrogens is 2. The van der Waals surface area contributed by atoms with Crippen LogP contribution in [0.15, 0.2) is 54.7 Å². The van der Waals surface area contributed by atoms with Crippen LogP contribution in [0.2, 0.25) is 0 Å². The van der Waals surface area contributed by atoms with Crippen LogP contribution in [0.3, 0.4) is 0 Å². The van der Waals surface area contributed by atoms with Gasteiger partial charge in [0.05, 0.1) is 42.1 Å². The van der Waals surface area contributed by atoms with E-state index in [1.807, 2.05) is 26.8 Å². The zero-order valence-corrected chi connectivity index (χ0v) is 40.4. The molecular weight excluding hydrogens is 910 g/mol. The van der Waals surface area contributed by atoms with Crippen LogP contribution in [0.1, 0.15) is 99.8 Å². The van der Waals surface area contributed by atoms with Crippen molar-refractivity contribution in [3.63, 3.8) is 0 Å². The monoisotopic (exact) mass is 970 g/mol. The van der Waals surface area contributed by atoms with Gasteiger partial charge in [-0.05, 0) is 127 Å². The van der Waals surface area contributed by atoms with Gasteiger partial charge in [0, 0.05) is 17.7 Å². The van der Waals surface area contributed by atoms with E-state index in [9.17, 15) is 41.1 Å². The molecule has 2 aliphatic heterocycles. The maximum atomic E-state index is 15.4. The lowest BCUT2D eigenvalue weighted by atomic mass is 9.82. The summed E-state index contributed by atoms with van der Waals surface area (Å²) in [5.41, 5.74) is -4.00. The second-order valence-corrected chi connectivity index (χ2v) is 21.9. The van der Waals surface area contributed by atoms with E-state index in [0.29, 0.717) is 73.2 Å². The molecule has 4 amide bonds. The third-order valence-electron chi connectivity index (χ3n) is 14.0. The maximum Gasteiger partial charge on any atom is 0.411 e. The van der Waals surface area contributed by atoms with Crippen molar-refractivity contribution in [2.75, 3.05) is 13.7 Å². The first-order valence-corrected chi connectivity index (χ1v) is 24.6. The Morgan fingerprint density at radius 1 is 1.07 bits per heavy atom. The lowest BCUT2D eigenvalue weighted by molar-refractivity contribution is -0.222. The SMILES string of the molecule is CC[C@@H]1C[C@H](C)CCC=C[C@@H]2C[C@@]2(C(=O)NS(=O)(=O)C2(C)CC2)NC(=O)[C@@H]2C[C@@H](Oc3nc(-c4ccc(OC(C)C)cn4)cc4cc(OC)ccc34)CN2C(=O)[C@H]1N(C(=O)O)C(C)(C)C(F)(F)F. The fourth-order valence-electron chi connectivity index (χ4n) is 9.35. The Morgan fingerprint density at radius 2 is 1.78 bits per heavy atom. The molecule has 3 aromatic rings. The van der Waals surface area contributed by atoms with Gasteiger partial charge in [-0.1, -0.05) is 32.4 Å². The van der Waals surface area contributed by atoms with Crippen molar-refractivity contribution in [1.82, 2.24) is 29.8 Å². The molecule has 3 N–H and O–H groups in total. The lowest BCUT2D eigenvalue weighted by Crippen LogP contribution is -2.66. The molecule has 7 rings (SSSR count). The van der Waals surface area contributed by atoms with E-state index in [1.165, 1.54) is 14.0 Å². The number of hydrogen-bond donors (Lipinski definition) is 3. The fourth-order valence-corrected chi connectivity index (χ4v) is 10.7. The normalized spacial score (nSPS) is 26.4. The van der Waals surface area contributed by atoms with Crippen molar-refractivity contribution in [3.05, 3.63) is 54.7 Å². The average molecular weight is 971 g/mol. The molecule has 7 atom stereocenters. The molecule has 370 valence electrons. The number of nitrogens with one attached hydrogen (secondary N) is 2. The minimum atomic E-state index is -5.12. The Labute approximate surface area is 394 Å². The van der Waals surface area contributed by atoms with Crippen LogP contribution in [-0.2, 0) is 24.4 Å². The Bertz CT molecular complexity index is 2570. The second-order valence-electron chi connectivity index (χ2n) is 19.8. The van der Waals surface area contributed by atoms with Gasteiger partial charge in [-0.2, -0.15) is 13.2 Å². The Hall–Kier alpha value is -5.66. The molecule has 68 heavy (non-hydrogen) atoms. The minimum absolute atomic E-state index is 0.0291. The van der Waals surface area contributed by atoms with Crippen LogP contribution in [0.25, 0.3) is 22.2 Å². The molecule has 2 aliphatic carbocycles. The van der Waals surface area contributed by atoms with Gasteiger partial charge in [0.2, 0.25) is 27.7 Å². The highest BCUT2D eigenvalue weighted by atomic mass is 32.2. The summed E-state index contributed by atoms with van der Waals surface area (Å²) in [5.74, 6) is -3.58. The number of benzene rings is 1. The van der Waals surface area contributed by atoms with Gasteiger partial charge >= 0.3 is 12.3 Å². The van der Waals surface area contributed by atoms with Crippen molar-refractivity contribution in [3.8, 4) is 28.8 Å². The number of hydrogen-bond acceptors (Lipinski definition) is 11. The topological polar surface area (TPSA) is 207 Å². The summed E-state index contributed by atoms with van der Waals surface area (Å²) in [7, 11) is -2.65. The fraction of sp³-hybridized carbons (Fsp3) is 0.583. The number of nitrogens with zero attached hydrogens (tertiary/aromatic N) is 4. The molecule has 0 unspecified atom stereocenters. The van der Waals surface area contributed by atoms with E-state index in [2.05, 4.69) is 15.0 Å². The average Bonchev–Trinajstić information content (AvgIpc) is 4.15. The van der Waals surface area contributed by atoms with Crippen LogP contribution in [0.4, 0.5) is 18.0 Å². The maximum absolute atomic E-state index is 15.4. The van der Waals surface area contributed by atoms with Crippen LogP contribution < -0.4 is 24.2 Å². The van der Waals surface area contributed by atoms with E-state index >= 15 is 4.79 Å². The first-order chi connectivity index (χ1) is 31.8. The molecule has 20 heteroatoms. The van der Waals surface area contributed by atoms with Gasteiger partial charge in [-0.15, -0.1) is 0 Å². The van der Waals surface area contributed by atoms with E-state index in [-0.39, 0.29) is 48.5 Å². The summed E-state index contributed by atoms with van der Waals surface area (Å²) in [5, 5.41) is 14.6. The predicted octanol–water partition coefficient (Wildman–Crippen LogP) is 7.41. The van der Waals surface area contributed by atoms with Gasteiger partial charge in [0.25, 0.3) is 5.91 Å². The number of carbonyl (C=O) groups is 4. The summed E-state index contributed by atoms with van der Waals surface area (Å²) >= 11 is 0. The van der Waals surface area contributed by atoms with E-state index in [1.54, 1.807) is 55.6 Å². The third kappa shape index (κ3) is 9.92. The number of allylic oxidation sites excluding steroid dienone is 1. The molecule has 16 nitrogen and oxygen atoms in total. The van der Waals surface area contributed by atoms with Crippen LogP contribution in [0.5, 0.6) is 17.4 Å². The highest BCUT2D eigenvalue weighted by Gasteiger charge is 2.64. The number of amides is 4. The van der Waals surface area contributed by atoms with Crippen molar-refractivity contribution in [1.29, 1.82) is 0 Å². The lowest BCUT2D eigenvalue weighted by Gasteiger charge is -2.46. The molecule has 0 bridgehead atoms. The number of methoxy groups -OCH3 is 1. The van der Waals surface area contributed by atoms with Crippen molar-refractivity contribution in [2.24, 2.45) is 17.8 Å². The van der Waals surface area contributed by atoms with Gasteiger partial charge < -0.3 is 29.5 Å². The van der Waals surface area contributed by atoms with Gasteiger partial charge in [-0.3, -0.25) is 29.0 Å². The summed E-state index contributed by atoms with van der Waals surface area (Å²) in [6.45, 7) is 9.83. The number of carbonyl (C=O) groups excluding carboxylic acids is 3. The molecule has 1 aromatic carbocycles. The van der Waals surface area contributed by atoms with Gasteiger partial charge in [0.15, 0.2) is 0 Å². The molecule has 0 radical (unpaired) electrons. The molecule has 0 spiro atoms. The van der Waals surface area contributed by atoms with E-state index in [0.717, 1.165) is 4.90 Å². The Morgan fingerprint density at radius 3 is 2.38 bits per heavy atom. The Kier molecular flexibility index (Phi) is 13.8. The van der Waals surface area contributed by atoms with E-state index < -0.39 is 92.4 Å². The zero-order chi connectivity index (χ0) is 49.7. The summed E-state index contributed by atoms with van der Waals surface area (Å²) in [4.78, 5) is 68.3. The largest absolute Gasteiger partial charge is 0.497 e. The summed E-state index contributed by atoms with van der Waals surface area (Å²) in [6.07, 6.45) is -1.50. The number of fused-ring (bicyclic) bond motifs is 3. The number of ether oxygens (including phenoxy) is 3. The standard InChI is InChI=1S/C48H61F3N6O10S/c1-9-29-20-28(4)12-10-11-13-31-24-47(31,43(60)55-68(63,64)46(7)18-19-46)54-40(58)38-23-34(26-56(38)42(59)39(29)57(44(61)62)45(5,6)48(49,50)51)67-41-35-16-14-32(65-8)21-30(35)22-37(53-41)36-17-15-33(25-52-36)66-27(2)3/h11,13-17,21-22,25,27-29,31,34,38-39H,9-10,12,18-20,23-24,26H2,1-8H3,(H,54,58)(H,55,60)(H,61,62)/t28-,29-,31-,34-,38+,39+,47-/m1/s1.